The molecule has 0 saturated carbocycles. The van der Waals surface area contributed by atoms with Crippen molar-refractivity contribution in [1.29, 1.82) is 0 Å². The molecule has 6 heteroatoms. The Labute approximate surface area is 152 Å². The molecule has 1 amide bonds. The summed E-state index contributed by atoms with van der Waals surface area (Å²) in [5.41, 5.74) is -0.0635. The van der Waals surface area contributed by atoms with Gasteiger partial charge in [-0.15, -0.1) is 0 Å². The maximum absolute atomic E-state index is 13.3. The molecular weight excluding hydrogens is 340 g/mol. The second kappa shape index (κ2) is 6.97. The average Bonchev–Trinajstić information content (AvgIpc) is 2.79. The van der Waals surface area contributed by atoms with Gasteiger partial charge in [0, 0.05) is 24.4 Å². The number of halogens is 2. The van der Waals surface area contributed by atoms with Crippen LogP contribution in [-0.2, 0) is 16.0 Å². The third kappa shape index (κ3) is 4.05. The number of hydrogen-bond donors (Lipinski definition) is 0. The van der Waals surface area contributed by atoms with Crippen molar-refractivity contribution in [3.05, 3.63) is 35.4 Å². The number of piperidine rings is 1. The van der Waals surface area contributed by atoms with Crippen LogP contribution in [0.3, 0.4) is 0 Å². The highest BCUT2D eigenvalue weighted by Crippen LogP contribution is 2.40. The zero-order valence-corrected chi connectivity index (χ0v) is 15.4. The highest BCUT2D eigenvalue weighted by molar-refractivity contribution is 5.84. The lowest BCUT2D eigenvalue weighted by molar-refractivity contribution is -0.124. The molecule has 1 aromatic rings. The molecule has 0 aromatic heterocycles. The van der Waals surface area contributed by atoms with Crippen LogP contribution >= 0.6 is 0 Å². The van der Waals surface area contributed by atoms with E-state index in [1.165, 1.54) is 6.07 Å². The van der Waals surface area contributed by atoms with Crippen molar-refractivity contribution in [2.24, 2.45) is 5.92 Å². The Kier molecular flexibility index (Phi) is 5.04. The van der Waals surface area contributed by atoms with Gasteiger partial charge in [0.2, 0.25) is 0 Å². The van der Waals surface area contributed by atoms with Crippen LogP contribution in [0.1, 0.15) is 52.0 Å². The average molecular weight is 365 g/mol. The minimum Gasteiger partial charge on any atom is -0.444 e. The van der Waals surface area contributed by atoms with Crippen LogP contribution < -0.4 is 0 Å². The Morgan fingerprint density at radius 2 is 1.73 bits per heavy atom. The van der Waals surface area contributed by atoms with Gasteiger partial charge in [-0.25, -0.2) is 13.6 Å². The fourth-order valence-corrected chi connectivity index (χ4v) is 4.05. The van der Waals surface area contributed by atoms with Crippen molar-refractivity contribution in [1.82, 2.24) is 4.90 Å². The Morgan fingerprint density at radius 3 is 2.27 bits per heavy atom. The van der Waals surface area contributed by atoms with Gasteiger partial charge in [-0.2, -0.15) is 0 Å². The summed E-state index contributed by atoms with van der Waals surface area (Å²) in [6, 6.07) is 3.61. The Balaban J connectivity index is 1.63. The van der Waals surface area contributed by atoms with E-state index in [-0.39, 0.29) is 36.3 Å². The first-order valence-corrected chi connectivity index (χ1v) is 9.12. The predicted molar refractivity (Wildman–Crippen MR) is 92.7 cm³/mol. The highest BCUT2D eigenvalue weighted by atomic mass is 19.2. The number of amides is 1. The standard InChI is InChI=1S/C20H25F2NO3/c1-20(2,3)26-19(25)23-14-5-6-15(23)11-13(10-14)18(24)9-12-4-7-16(21)17(22)8-12/h4,7-8,13-15H,5-6,9-11H2,1-3H3. The molecule has 0 radical (unpaired) electrons. The normalized spacial score (nSPS) is 25.3. The van der Waals surface area contributed by atoms with E-state index in [2.05, 4.69) is 0 Å². The SMILES string of the molecule is CC(C)(C)OC(=O)N1C2CCC1CC(C(=O)Cc1ccc(F)c(F)c1)C2. The number of rotatable bonds is 3. The molecule has 2 bridgehead atoms. The van der Waals surface area contributed by atoms with E-state index < -0.39 is 17.2 Å². The summed E-state index contributed by atoms with van der Waals surface area (Å²) in [4.78, 5) is 26.9. The maximum atomic E-state index is 13.3. The van der Waals surface area contributed by atoms with E-state index >= 15 is 0 Å². The van der Waals surface area contributed by atoms with Gasteiger partial charge in [-0.05, 0) is 64.2 Å². The zero-order chi connectivity index (χ0) is 19.1. The molecule has 2 saturated heterocycles. The van der Waals surface area contributed by atoms with Crippen molar-refractivity contribution in [3.63, 3.8) is 0 Å². The summed E-state index contributed by atoms with van der Waals surface area (Å²) in [7, 11) is 0. The second-order valence-corrected chi connectivity index (χ2v) is 8.33. The summed E-state index contributed by atoms with van der Waals surface area (Å²) in [5, 5.41) is 0. The molecule has 2 aliphatic heterocycles. The van der Waals surface area contributed by atoms with Gasteiger partial charge in [0.1, 0.15) is 11.4 Å². The number of Topliss-reactive ketones (excluding diaryl/α,β-unsaturated/α-hetero) is 1. The van der Waals surface area contributed by atoms with Gasteiger partial charge >= 0.3 is 6.09 Å². The fraction of sp³-hybridized carbons (Fsp3) is 0.600. The molecule has 142 valence electrons. The minimum absolute atomic E-state index is 0.0162. The van der Waals surface area contributed by atoms with Crippen molar-refractivity contribution in [2.75, 3.05) is 0 Å². The largest absolute Gasteiger partial charge is 0.444 e. The maximum Gasteiger partial charge on any atom is 0.410 e. The molecule has 3 rings (SSSR count). The van der Waals surface area contributed by atoms with Crippen molar-refractivity contribution in [2.45, 2.75) is 70.6 Å². The van der Waals surface area contributed by atoms with Crippen molar-refractivity contribution >= 4 is 11.9 Å². The highest BCUT2D eigenvalue weighted by Gasteiger charge is 2.46. The molecule has 2 atom stereocenters. The van der Waals surface area contributed by atoms with Crippen LogP contribution in [0.2, 0.25) is 0 Å². The Morgan fingerprint density at radius 1 is 1.12 bits per heavy atom. The molecule has 0 spiro atoms. The van der Waals surface area contributed by atoms with Gasteiger partial charge in [0.25, 0.3) is 0 Å². The number of benzene rings is 1. The molecule has 0 aliphatic carbocycles. The lowest BCUT2D eigenvalue weighted by Crippen LogP contribution is -2.49. The van der Waals surface area contributed by atoms with Gasteiger partial charge in [0.05, 0.1) is 0 Å². The summed E-state index contributed by atoms with van der Waals surface area (Å²) in [6.45, 7) is 5.51. The van der Waals surface area contributed by atoms with Crippen molar-refractivity contribution in [3.8, 4) is 0 Å². The number of nitrogens with zero attached hydrogens (tertiary/aromatic N) is 1. The number of carbonyl (C=O) groups is 2. The topological polar surface area (TPSA) is 46.6 Å². The summed E-state index contributed by atoms with van der Waals surface area (Å²) < 4.78 is 31.9. The molecule has 0 N–H and O–H groups in total. The third-order valence-corrected chi connectivity index (χ3v) is 5.16. The van der Waals surface area contributed by atoms with Crippen LogP contribution in [0.4, 0.5) is 13.6 Å². The molecule has 4 nitrogen and oxygen atoms in total. The van der Waals surface area contributed by atoms with Crippen LogP contribution in [-0.4, -0.2) is 34.5 Å². The van der Waals surface area contributed by atoms with E-state index in [0.717, 1.165) is 25.0 Å². The fourth-order valence-electron chi connectivity index (χ4n) is 4.05. The number of fused-ring (bicyclic) bond motifs is 2. The molecule has 26 heavy (non-hydrogen) atoms. The van der Waals surface area contributed by atoms with Crippen LogP contribution in [0.25, 0.3) is 0 Å². The van der Waals surface area contributed by atoms with E-state index in [0.29, 0.717) is 18.4 Å². The van der Waals surface area contributed by atoms with E-state index in [1.54, 1.807) is 4.90 Å². The van der Waals surface area contributed by atoms with Crippen LogP contribution in [0.5, 0.6) is 0 Å². The lowest BCUT2D eigenvalue weighted by atomic mass is 9.85. The molecule has 2 aliphatic rings. The van der Waals surface area contributed by atoms with Crippen molar-refractivity contribution < 1.29 is 23.1 Å². The molecule has 1 aromatic carbocycles. The molecule has 2 heterocycles. The number of carbonyl (C=O) groups excluding carboxylic acids is 2. The first-order chi connectivity index (χ1) is 12.1. The van der Waals surface area contributed by atoms with Gasteiger partial charge in [0.15, 0.2) is 11.6 Å². The quantitative estimate of drug-likeness (QED) is 0.804. The smallest absolute Gasteiger partial charge is 0.410 e. The second-order valence-electron chi connectivity index (χ2n) is 8.33. The summed E-state index contributed by atoms with van der Waals surface area (Å²) >= 11 is 0. The first kappa shape index (κ1) is 18.8. The zero-order valence-electron chi connectivity index (χ0n) is 15.4. The van der Waals surface area contributed by atoms with E-state index in [9.17, 15) is 18.4 Å². The monoisotopic (exact) mass is 365 g/mol. The van der Waals surface area contributed by atoms with Gasteiger partial charge in [-0.3, -0.25) is 4.79 Å². The molecule has 2 unspecified atom stereocenters. The molecule has 2 fully saturated rings. The van der Waals surface area contributed by atoms with Gasteiger partial charge < -0.3 is 9.64 Å². The third-order valence-electron chi connectivity index (χ3n) is 5.16. The lowest BCUT2D eigenvalue weighted by Gasteiger charge is -2.39. The minimum atomic E-state index is -0.935. The summed E-state index contributed by atoms with van der Waals surface area (Å²) in [6.07, 6.45) is 2.75. The Bertz CT molecular complexity index is 699. The number of hydrogen-bond acceptors (Lipinski definition) is 3. The Hall–Kier alpha value is -1.98. The first-order valence-electron chi connectivity index (χ1n) is 9.12. The number of ketones is 1. The van der Waals surface area contributed by atoms with Gasteiger partial charge in [-0.1, -0.05) is 6.07 Å². The van der Waals surface area contributed by atoms with E-state index in [1.807, 2.05) is 20.8 Å². The number of ether oxygens (including phenoxy) is 1. The van der Waals surface area contributed by atoms with E-state index in [4.69, 9.17) is 4.74 Å². The predicted octanol–water partition coefficient (Wildman–Crippen LogP) is 4.25. The van der Waals surface area contributed by atoms with Crippen LogP contribution in [0.15, 0.2) is 18.2 Å². The molecular formula is C20H25F2NO3. The van der Waals surface area contributed by atoms with Crippen LogP contribution in [0, 0.1) is 17.6 Å². The summed E-state index contributed by atoms with van der Waals surface area (Å²) in [5.74, 6) is -1.98.